The van der Waals surface area contributed by atoms with Gasteiger partial charge in [0.2, 0.25) is 5.91 Å². The zero-order valence-corrected chi connectivity index (χ0v) is 28.2. The van der Waals surface area contributed by atoms with Crippen LogP contribution < -0.4 is 4.90 Å². The largest absolute Gasteiger partial charge is 0.481 e. The molecule has 12 heteroatoms. The maximum absolute atomic E-state index is 12.7. The molecule has 7 rings (SSSR count). The molecule has 1 aliphatic rings. The number of aryl methyl sites for hydroxylation is 3. The summed E-state index contributed by atoms with van der Waals surface area (Å²) in [7, 11) is 0. The Labute approximate surface area is 283 Å². The van der Waals surface area contributed by atoms with Crippen LogP contribution in [0.2, 0.25) is 0 Å². The summed E-state index contributed by atoms with van der Waals surface area (Å²) in [5.74, 6) is 0.530. The van der Waals surface area contributed by atoms with E-state index in [0.717, 1.165) is 103 Å². The SMILES string of the molecule is CCc1cc2c(N3CCN(C(=O)CCCCn4cc5ccccc5n4)CC3)ncnc2s1.O=C(O)CCCCn1cc2ccccc2n1. The minimum atomic E-state index is -0.731. The third-order valence-electron chi connectivity index (χ3n) is 8.62. The number of carboxylic acid groups (broad SMARTS) is 1. The number of aliphatic carboxylic acids is 1. The van der Waals surface area contributed by atoms with Gasteiger partial charge < -0.3 is 14.9 Å². The average molecular weight is 667 g/mol. The lowest BCUT2D eigenvalue weighted by atomic mass is 10.2. The van der Waals surface area contributed by atoms with Crippen LogP contribution in [0.3, 0.4) is 0 Å². The van der Waals surface area contributed by atoms with E-state index in [1.807, 2.05) is 62.9 Å². The van der Waals surface area contributed by atoms with E-state index in [9.17, 15) is 9.59 Å². The second-order valence-corrected chi connectivity index (χ2v) is 13.2. The van der Waals surface area contributed by atoms with Gasteiger partial charge in [0.1, 0.15) is 17.0 Å². The van der Waals surface area contributed by atoms with E-state index in [1.165, 1.54) is 4.88 Å². The number of benzene rings is 2. The molecule has 0 bridgehead atoms. The summed E-state index contributed by atoms with van der Waals surface area (Å²) < 4.78 is 3.87. The van der Waals surface area contributed by atoms with Gasteiger partial charge in [0.05, 0.1) is 16.4 Å². The number of rotatable bonds is 12. The molecule has 0 aliphatic carbocycles. The highest BCUT2D eigenvalue weighted by molar-refractivity contribution is 7.18. The second kappa shape index (κ2) is 15.8. The molecule has 1 fully saturated rings. The van der Waals surface area contributed by atoms with Crippen LogP contribution in [0, 0.1) is 0 Å². The van der Waals surface area contributed by atoms with E-state index in [-0.39, 0.29) is 12.3 Å². The van der Waals surface area contributed by atoms with Gasteiger partial charge in [0.15, 0.2) is 0 Å². The number of carbonyl (C=O) groups is 2. The Balaban J connectivity index is 0.000000211. The van der Waals surface area contributed by atoms with Crippen molar-refractivity contribution in [2.75, 3.05) is 31.1 Å². The van der Waals surface area contributed by atoms with Crippen LogP contribution in [0.25, 0.3) is 32.0 Å². The zero-order chi connectivity index (χ0) is 33.3. The molecule has 0 atom stereocenters. The normalized spacial score (nSPS) is 13.3. The summed E-state index contributed by atoms with van der Waals surface area (Å²) in [6.45, 7) is 6.92. The third kappa shape index (κ3) is 8.35. The van der Waals surface area contributed by atoms with Crippen molar-refractivity contribution in [1.29, 1.82) is 0 Å². The van der Waals surface area contributed by atoms with Crippen molar-refractivity contribution in [1.82, 2.24) is 34.4 Å². The first-order valence-electron chi connectivity index (χ1n) is 16.8. The Morgan fingerprint density at radius 2 is 1.40 bits per heavy atom. The van der Waals surface area contributed by atoms with Crippen LogP contribution in [0.5, 0.6) is 0 Å². The number of anilines is 1. The summed E-state index contributed by atoms with van der Waals surface area (Å²) in [5.41, 5.74) is 2.01. The first-order valence-corrected chi connectivity index (χ1v) is 17.6. The van der Waals surface area contributed by atoms with Crippen molar-refractivity contribution in [3.05, 3.63) is 78.2 Å². The molecule has 250 valence electrons. The maximum atomic E-state index is 12.7. The highest BCUT2D eigenvalue weighted by atomic mass is 32.1. The molecule has 1 amide bonds. The third-order valence-corrected chi connectivity index (χ3v) is 9.80. The van der Waals surface area contributed by atoms with Crippen molar-refractivity contribution in [2.45, 2.75) is 65.0 Å². The van der Waals surface area contributed by atoms with E-state index in [1.54, 1.807) is 17.7 Å². The monoisotopic (exact) mass is 666 g/mol. The second-order valence-electron chi connectivity index (χ2n) is 12.1. The highest BCUT2D eigenvalue weighted by Gasteiger charge is 2.23. The van der Waals surface area contributed by atoms with Gasteiger partial charge in [-0.1, -0.05) is 43.3 Å². The fourth-order valence-corrected chi connectivity index (χ4v) is 6.93. The lowest BCUT2D eigenvalue weighted by Gasteiger charge is -2.35. The van der Waals surface area contributed by atoms with Gasteiger partial charge in [-0.2, -0.15) is 10.2 Å². The number of amides is 1. The quantitative estimate of drug-likeness (QED) is 0.149. The maximum Gasteiger partial charge on any atom is 0.303 e. The number of nitrogens with zero attached hydrogens (tertiary/aromatic N) is 8. The van der Waals surface area contributed by atoms with Crippen molar-refractivity contribution < 1.29 is 14.7 Å². The molecular weight excluding hydrogens is 625 g/mol. The number of unbranched alkanes of at least 4 members (excludes halogenated alkanes) is 2. The number of piperazine rings is 1. The van der Waals surface area contributed by atoms with Crippen molar-refractivity contribution in [3.63, 3.8) is 0 Å². The number of hydrogen-bond donors (Lipinski definition) is 1. The van der Waals surface area contributed by atoms with Gasteiger partial charge >= 0.3 is 5.97 Å². The summed E-state index contributed by atoms with van der Waals surface area (Å²) in [4.78, 5) is 38.7. The zero-order valence-electron chi connectivity index (χ0n) is 27.4. The van der Waals surface area contributed by atoms with E-state index in [0.29, 0.717) is 12.8 Å². The number of aromatic nitrogens is 6. The summed E-state index contributed by atoms with van der Waals surface area (Å²) in [6, 6.07) is 18.3. The van der Waals surface area contributed by atoms with Crippen molar-refractivity contribution in [2.24, 2.45) is 0 Å². The molecule has 0 radical (unpaired) electrons. The molecular formula is C36H42N8O3S. The van der Waals surface area contributed by atoms with Crippen LogP contribution in [-0.4, -0.2) is 77.6 Å². The van der Waals surface area contributed by atoms with Crippen LogP contribution in [-0.2, 0) is 29.1 Å². The molecule has 1 saturated heterocycles. The molecule has 0 unspecified atom stereocenters. The van der Waals surface area contributed by atoms with Gasteiger partial charge in [0.25, 0.3) is 0 Å². The number of thiophene rings is 1. The molecule has 48 heavy (non-hydrogen) atoms. The van der Waals surface area contributed by atoms with Gasteiger partial charge in [-0.25, -0.2) is 9.97 Å². The molecule has 1 aliphatic heterocycles. The molecule has 0 spiro atoms. The van der Waals surface area contributed by atoms with E-state index < -0.39 is 5.97 Å². The van der Waals surface area contributed by atoms with Crippen LogP contribution in [0.1, 0.15) is 50.3 Å². The Kier molecular flexibility index (Phi) is 10.9. The number of fused-ring (bicyclic) bond motifs is 3. The molecule has 0 saturated carbocycles. The smallest absolute Gasteiger partial charge is 0.303 e. The molecule has 1 N–H and O–H groups in total. The Bertz CT molecular complexity index is 1910. The summed E-state index contributed by atoms with van der Waals surface area (Å²) >= 11 is 1.74. The van der Waals surface area contributed by atoms with E-state index in [4.69, 9.17) is 5.11 Å². The Morgan fingerprint density at radius 1 is 0.792 bits per heavy atom. The van der Waals surface area contributed by atoms with Crippen LogP contribution >= 0.6 is 11.3 Å². The molecule has 2 aromatic carbocycles. The fourth-order valence-electron chi connectivity index (χ4n) is 6.01. The van der Waals surface area contributed by atoms with Crippen LogP contribution in [0.4, 0.5) is 5.82 Å². The highest BCUT2D eigenvalue weighted by Crippen LogP contribution is 2.31. The minimum Gasteiger partial charge on any atom is -0.481 e. The molecule has 6 aromatic rings. The van der Waals surface area contributed by atoms with Gasteiger partial charge in [-0.15, -0.1) is 11.3 Å². The van der Waals surface area contributed by atoms with Gasteiger partial charge in [-0.05, 0) is 50.3 Å². The first-order chi connectivity index (χ1) is 23.5. The Morgan fingerprint density at radius 3 is 1.98 bits per heavy atom. The van der Waals surface area contributed by atoms with Crippen molar-refractivity contribution >= 4 is 61.1 Å². The number of carbonyl (C=O) groups excluding carboxylic acids is 1. The number of hydrogen-bond acceptors (Lipinski definition) is 8. The van der Waals surface area contributed by atoms with Gasteiger partial charge in [-0.3, -0.25) is 19.0 Å². The fraction of sp³-hybridized carbons (Fsp3) is 0.389. The predicted molar refractivity (Wildman–Crippen MR) is 190 cm³/mol. The first kappa shape index (κ1) is 33.1. The Hall–Kier alpha value is -4.84. The lowest BCUT2D eigenvalue weighted by molar-refractivity contribution is -0.137. The van der Waals surface area contributed by atoms with E-state index >= 15 is 0 Å². The molecule has 4 aromatic heterocycles. The predicted octanol–water partition coefficient (Wildman–Crippen LogP) is 6.41. The lowest BCUT2D eigenvalue weighted by Crippen LogP contribution is -2.49. The van der Waals surface area contributed by atoms with Crippen molar-refractivity contribution in [3.8, 4) is 0 Å². The average Bonchev–Trinajstić information content (AvgIpc) is 3.84. The van der Waals surface area contributed by atoms with Gasteiger partial charge in [0, 0.05) is 80.2 Å². The molecule has 5 heterocycles. The number of carboxylic acids is 1. The van der Waals surface area contributed by atoms with E-state index in [2.05, 4.69) is 50.3 Å². The summed E-state index contributed by atoms with van der Waals surface area (Å²) in [5, 5.41) is 20.9. The van der Waals surface area contributed by atoms with Crippen LogP contribution in [0.15, 0.2) is 73.3 Å². The standard InChI is InChI=1S/C24H28N6OS.C12H14N2O2/c1-2-19-15-20-23(25-17-26-24(20)32-19)29-13-11-28(12-14-29)22(31)9-5-6-10-30-16-18-7-3-4-8-21(18)27-30;15-12(16)7-3-4-8-14-9-10-5-1-2-6-11(10)13-14/h3-4,7-8,15-17H,2,5-6,9-14H2,1H3;1-2,5-6,9H,3-4,7-8H2,(H,15,16). The molecule has 11 nitrogen and oxygen atoms in total. The topological polar surface area (TPSA) is 122 Å². The minimum absolute atomic E-state index is 0.237. The summed E-state index contributed by atoms with van der Waals surface area (Å²) in [6.07, 6.45) is 11.0.